The number of carbonyl (C=O) groups is 1. The van der Waals surface area contributed by atoms with Crippen LogP contribution in [-0.4, -0.2) is 50.1 Å². The lowest BCUT2D eigenvalue weighted by molar-refractivity contribution is -0.121. The van der Waals surface area contributed by atoms with Crippen molar-refractivity contribution in [2.24, 2.45) is 5.92 Å². The number of hydrogen-bond donors (Lipinski definition) is 2. The molecule has 1 heterocycles. The van der Waals surface area contributed by atoms with Gasteiger partial charge in [-0.25, -0.2) is 0 Å². The molecule has 1 aliphatic carbocycles. The van der Waals surface area contributed by atoms with Gasteiger partial charge in [-0.1, -0.05) is 0 Å². The van der Waals surface area contributed by atoms with Crippen molar-refractivity contribution < 1.29 is 4.79 Å². The van der Waals surface area contributed by atoms with Crippen molar-refractivity contribution in [1.29, 1.82) is 0 Å². The number of carbonyl (C=O) groups excluding carboxylic acids is 1. The predicted molar refractivity (Wildman–Crippen MR) is 68.9 cm³/mol. The summed E-state index contributed by atoms with van der Waals surface area (Å²) in [5, 5.41) is 6.17. The topological polar surface area (TPSA) is 44.4 Å². The predicted octanol–water partition coefficient (Wildman–Crippen LogP) is 0.587. The maximum absolute atomic E-state index is 11.3. The molecule has 1 unspecified atom stereocenters. The smallest absolute Gasteiger partial charge is 0.221 e. The molecule has 17 heavy (non-hydrogen) atoms. The molecule has 98 valence electrons. The van der Waals surface area contributed by atoms with Crippen LogP contribution in [0.3, 0.4) is 0 Å². The molecule has 1 saturated heterocycles. The second kappa shape index (κ2) is 6.36. The van der Waals surface area contributed by atoms with Gasteiger partial charge in [0, 0.05) is 32.6 Å². The highest BCUT2D eigenvalue weighted by Gasteiger charge is 2.30. The Balaban J connectivity index is 1.73. The minimum Gasteiger partial charge on any atom is -0.359 e. The summed E-state index contributed by atoms with van der Waals surface area (Å²) < 4.78 is 0. The molecule has 0 spiro atoms. The first-order valence-corrected chi connectivity index (χ1v) is 6.95. The van der Waals surface area contributed by atoms with Crippen LogP contribution in [0.4, 0.5) is 0 Å². The Bertz CT molecular complexity index is 247. The third-order valence-electron chi connectivity index (χ3n) is 3.86. The van der Waals surface area contributed by atoms with Crippen LogP contribution >= 0.6 is 0 Å². The van der Waals surface area contributed by atoms with E-state index in [0.29, 0.717) is 6.42 Å². The lowest BCUT2D eigenvalue weighted by atomic mass is 9.99. The molecule has 1 aliphatic heterocycles. The number of nitrogens with zero attached hydrogens (tertiary/aromatic N) is 1. The highest BCUT2D eigenvalue weighted by molar-refractivity contribution is 5.75. The summed E-state index contributed by atoms with van der Waals surface area (Å²) in [6.07, 6.45) is 5.95. The number of rotatable bonds is 6. The second-order valence-electron chi connectivity index (χ2n) is 5.36. The Morgan fingerprint density at radius 2 is 2.24 bits per heavy atom. The molecule has 0 aromatic heterocycles. The van der Waals surface area contributed by atoms with E-state index in [0.717, 1.165) is 25.0 Å². The average Bonchev–Trinajstić information content (AvgIpc) is 3.19. The van der Waals surface area contributed by atoms with Gasteiger partial charge in [-0.3, -0.25) is 9.69 Å². The van der Waals surface area contributed by atoms with Crippen LogP contribution in [0, 0.1) is 5.92 Å². The molecule has 1 atom stereocenters. The fourth-order valence-corrected chi connectivity index (χ4v) is 2.64. The second-order valence-corrected chi connectivity index (χ2v) is 5.36. The number of hydrogen-bond acceptors (Lipinski definition) is 3. The largest absolute Gasteiger partial charge is 0.359 e. The quantitative estimate of drug-likeness (QED) is 0.713. The number of piperidine rings is 1. The van der Waals surface area contributed by atoms with E-state index in [1.54, 1.807) is 7.05 Å². The van der Waals surface area contributed by atoms with E-state index in [1.807, 2.05) is 0 Å². The minimum atomic E-state index is 0.164. The fraction of sp³-hybridized carbons (Fsp3) is 0.923. The van der Waals surface area contributed by atoms with Crippen molar-refractivity contribution in [2.45, 2.75) is 38.1 Å². The van der Waals surface area contributed by atoms with Crippen LogP contribution in [0.15, 0.2) is 0 Å². The summed E-state index contributed by atoms with van der Waals surface area (Å²) in [7, 11) is 1.72. The van der Waals surface area contributed by atoms with Gasteiger partial charge < -0.3 is 10.6 Å². The van der Waals surface area contributed by atoms with Crippen molar-refractivity contribution in [3.8, 4) is 0 Å². The van der Waals surface area contributed by atoms with Crippen LogP contribution in [0.25, 0.3) is 0 Å². The molecular weight excluding hydrogens is 214 g/mol. The Hall–Kier alpha value is -0.610. The summed E-state index contributed by atoms with van der Waals surface area (Å²) in [6, 6.07) is 0.765. The monoisotopic (exact) mass is 239 g/mol. The molecule has 2 aliphatic rings. The van der Waals surface area contributed by atoms with Gasteiger partial charge in [-0.05, 0) is 44.7 Å². The molecule has 1 amide bonds. The van der Waals surface area contributed by atoms with Gasteiger partial charge in [0.05, 0.1) is 0 Å². The van der Waals surface area contributed by atoms with Gasteiger partial charge in [0.25, 0.3) is 0 Å². The van der Waals surface area contributed by atoms with E-state index in [-0.39, 0.29) is 5.91 Å². The summed E-state index contributed by atoms with van der Waals surface area (Å²) >= 11 is 0. The molecule has 4 heteroatoms. The SMILES string of the molecule is CNC(=O)CCN(CC1CCCNC1)C1CC1. The van der Waals surface area contributed by atoms with E-state index in [2.05, 4.69) is 15.5 Å². The fourth-order valence-electron chi connectivity index (χ4n) is 2.64. The summed E-state index contributed by atoms with van der Waals surface area (Å²) in [5.41, 5.74) is 0. The number of amides is 1. The zero-order chi connectivity index (χ0) is 12.1. The average molecular weight is 239 g/mol. The minimum absolute atomic E-state index is 0.164. The van der Waals surface area contributed by atoms with Crippen LogP contribution < -0.4 is 10.6 Å². The van der Waals surface area contributed by atoms with E-state index in [1.165, 1.54) is 38.8 Å². The Morgan fingerprint density at radius 1 is 1.41 bits per heavy atom. The third kappa shape index (κ3) is 4.28. The van der Waals surface area contributed by atoms with Crippen molar-refractivity contribution in [3.63, 3.8) is 0 Å². The Labute approximate surface area is 104 Å². The lowest BCUT2D eigenvalue weighted by Crippen LogP contribution is -2.40. The molecule has 1 saturated carbocycles. The maximum atomic E-state index is 11.3. The van der Waals surface area contributed by atoms with Gasteiger partial charge in [-0.15, -0.1) is 0 Å². The van der Waals surface area contributed by atoms with Gasteiger partial charge in [-0.2, -0.15) is 0 Å². The zero-order valence-electron chi connectivity index (χ0n) is 10.9. The van der Waals surface area contributed by atoms with Crippen LogP contribution in [0.1, 0.15) is 32.1 Å². The van der Waals surface area contributed by atoms with E-state index < -0.39 is 0 Å². The Kier molecular flexibility index (Phi) is 4.80. The van der Waals surface area contributed by atoms with Gasteiger partial charge in [0.15, 0.2) is 0 Å². The van der Waals surface area contributed by atoms with Crippen molar-refractivity contribution >= 4 is 5.91 Å². The summed E-state index contributed by atoms with van der Waals surface area (Å²) in [4.78, 5) is 13.8. The molecule has 2 N–H and O–H groups in total. The molecule has 0 aromatic carbocycles. The lowest BCUT2D eigenvalue weighted by Gasteiger charge is -2.30. The first kappa shape index (κ1) is 12.8. The standard InChI is InChI=1S/C13H25N3O/c1-14-13(17)6-8-16(12-4-5-12)10-11-3-2-7-15-9-11/h11-12,15H,2-10H2,1H3,(H,14,17). The van der Waals surface area contributed by atoms with Crippen LogP contribution in [0.2, 0.25) is 0 Å². The van der Waals surface area contributed by atoms with E-state index in [9.17, 15) is 4.79 Å². The summed E-state index contributed by atoms with van der Waals surface area (Å²) in [5.74, 6) is 0.950. The molecule has 2 rings (SSSR count). The van der Waals surface area contributed by atoms with E-state index in [4.69, 9.17) is 0 Å². The van der Waals surface area contributed by atoms with Gasteiger partial charge in [0.2, 0.25) is 5.91 Å². The van der Waals surface area contributed by atoms with Crippen LogP contribution in [0.5, 0.6) is 0 Å². The normalized spacial score (nSPS) is 24.9. The summed E-state index contributed by atoms with van der Waals surface area (Å²) in [6.45, 7) is 4.44. The first-order chi connectivity index (χ1) is 8.29. The maximum Gasteiger partial charge on any atom is 0.221 e. The first-order valence-electron chi connectivity index (χ1n) is 6.95. The van der Waals surface area contributed by atoms with Crippen molar-refractivity contribution in [3.05, 3.63) is 0 Å². The van der Waals surface area contributed by atoms with Crippen molar-refractivity contribution in [2.75, 3.05) is 33.2 Å². The van der Waals surface area contributed by atoms with Crippen LogP contribution in [-0.2, 0) is 4.79 Å². The molecule has 0 aromatic rings. The third-order valence-corrected chi connectivity index (χ3v) is 3.86. The molecule has 0 radical (unpaired) electrons. The molecule has 0 bridgehead atoms. The molecular formula is C13H25N3O. The van der Waals surface area contributed by atoms with Gasteiger partial charge in [0.1, 0.15) is 0 Å². The highest BCUT2D eigenvalue weighted by atomic mass is 16.1. The molecule has 2 fully saturated rings. The van der Waals surface area contributed by atoms with Crippen molar-refractivity contribution in [1.82, 2.24) is 15.5 Å². The Morgan fingerprint density at radius 3 is 2.82 bits per heavy atom. The van der Waals surface area contributed by atoms with Gasteiger partial charge >= 0.3 is 0 Å². The van der Waals surface area contributed by atoms with E-state index >= 15 is 0 Å². The number of nitrogens with one attached hydrogen (secondary N) is 2. The highest BCUT2D eigenvalue weighted by Crippen LogP contribution is 2.28. The molecule has 4 nitrogen and oxygen atoms in total. The zero-order valence-corrected chi connectivity index (χ0v) is 10.9.